The van der Waals surface area contributed by atoms with E-state index in [-0.39, 0.29) is 12.3 Å². The van der Waals surface area contributed by atoms with Crippen LogP contribution in [0.25, 0.3) is 22.4 Å². The molecule has 0 amide bonds. The Morgan fingerprint density at radius 2 is 1.88 bits per heavy atom. The zero-order valence-corrected chi connectivity index (χ0v) is 14.0. The van der Waals surface area contributed by atoms with Crippen molar-refractivity contribution in [3.63, 3.8) is 0 Å². The van der Waals surface area contributed by atoms with Crippen molar-refractivity contribution >= 4 is 11.0 Å². The molecule has 8 nitrogen and oxygen atoms in total. The number of nitrogens with zero attached hydrogens (tertiary/aromatic N) is 5. The van der Waals surface area contributed by atoms with Gasteiger partial charge in [-0.05, 0) is 24.3 Å². The molecule has 0 saturated heterocycles. The SMILES string of the molecule is O=c1[nH]c2ccccc2n1CCc1nc(-c2ccncc2)nn1CCO. The number of aryl methyl sites for hydroxylation is 2. The van der Waals surface area contributed by atoms with Crippen molar-refractivity contribution in [3.8, 4) is 11.4 Å². The molecule has 3 aromatic heterocycles. The zero-order chi connectivity index (χ0) is 17.9. The molecule has 2 N–H and O–H groups in total. The fraction of sp³-hybridized carbons (Fsp3) is 0.222. The molecule has 0 spiro atoms. The Morgan fingerprint density at radius 1 is 1.08 bits per heavy atom. The van der Waals surface area contributed by atoms with E-state index >= 15 is 0 Å². The molecule has 4 aromatic rings. The summed E-state index contributed by atoms with van der Waals surface area (Å²) in [6.45, 7) is 0.804. The molecule has 0 radical (unpaired) electrons. The normalized spacial score (nSPS) is 11.3. The van der Waals surface area contributed by atoms with E-state index in [9.17, 15) is 9.90 Å². The second-order valence-corrected chi connectivity index (χ2v) is 5.88. The van der Waals surface area contributed by atoms with E-state index in [0.29, 0.717) is 25.3 Å². The highest BCUT2D eigenvalue weighted by molar-refractivity contribution is 5.74. The smallest absolute Gasteiger partial charge is 0.326 e. The lowest BCUT2D eigenvalue weighted by Gasteiger charge is -2.05. The fourth-order valence-electron chi connectivity index (χ4n) is 3.00. The molecule has 1 aromatic carbocycles. The van der Waals surface area contributed by atoms with Crippen LogP contribution >= 0.6 is 0 Å². The number of nitrogens with one attached hydrogen (secondary N) is 1. The lowest BCUT2D eigenvalue weighted by Crippen LogP contribution is -2.19. The van der Waals surface area contributed by atoms with Gasteiger partial charge in [-0.3, -0.25) is 9.55 Å². The molecule has 0 bridgehead atoms. The highest BCUT2D eigenvalue weighted by atomic mass is 16.3. The number of fused-ring (bicyclic) bond motifs is 1. The van der Waals surface area contributed by atoms with E-state index in [4.69, 9.17) is 0 Å². The number of pyridine rings is 1. The summed E-state index contributed by atoms with van der Waals surface area (Å²) >= 11 is 0. The molecular weight excluding hydrogens is 332 g/mol. The summed E-state index contributed by atoms with van der Waals surface area (Å²) < 4.78 is 3.38. The topological polar surface area (TPSA) is 102 Å². The van der Waals surface area contributed by atoms with Crippen molar-refractivity contribution in [1.82, 2.24) is 29.3 Å². The van der Waals surface area contributed by atoms with Gasteiger partial charge < -0.3 is 10.1 Å². The van der Waals surface area contributed by atoms with E-state index < -0.39 is 0 Å². The number of aromatic nitrogens is 6. The van der Waals surface area contributed by atoms with Gasteiger partial charge in [0.1, 0.15) is 5.82 Å². The minimum absolute atomic E-state index is 0.0286. The van der Waals surface area contributed by atoms with Gasteiger partial charge in [0.15, 0.2) is 5.82 Å². The van der Waals surface area contributed by atoms with Crippen LogP contribution in [0.1, 0.15) is 5.82 Å². The van der Waals surface area contributed by atoms with Gasteiger partial charge in [-0.25, -0.2) is 14.5 Å². The number of aromatic amines is 1. The summed E-state index contributed by atoms with van der Waals surface area (Å²) in [6, 6.07) is 11.3. The van der Waals surface area contributed by atoms with Crippen LogP contribution in [0.2, 0.25) is 0 Å². The number of hydrogen-bond donors (Lipinski definition) is 2. The third-order valence-corrected chi connectivity index (χ3v) is 4.24. The third kappa shape index (κ3) is 3.02. The van der Waals surface area contributed by atoms with Gasteiger partial charge in [-0.15, -0.1) is 0 Å². The minimum atomic E-state index is -0.145. The Kier molecular flexibility index (Phi) is 4.32. The fourth-order valence-corrected chi connectivity index (χ4v) is 3.00. The van der Waals surface area contributed by atoms with Gasteiger partial charge in [-0.1, -0.05) is 12.1 Å². The van der Waals surface area contributed by atoms with Gasteiger partial charge in [-0.2, -0.15) is 5.10 Å². The summed E-state index contributed by atoms with van der Waals surface area (Å²) in [6.07, 6.45) is 3.90. The summed E-state index contributed by atoms with van der Waals surface area (Å²) in [7, 11) is 0. The number of hydrogen-bond acceptors (Lipinski definition) is 5. The maximum absolute atomic E-state index is 12.2. The van der Waals surface area contributed by atoms with Crippen molar-refractivity contribution in [2.75, 3.05) is 6.61 Å². The van der Waals surface area contributed by atoms with Gasteiger partial charge in [0, 0.05) is 30.9 Å². The second kappa shape index (κ2) is 6.93. The monoisotopic (exact) mass is 350 g/mol. The van der Waals surface area contributed by atoms with Gasteiger partial charge in [0.25, 0.3) is 0 Å². The summed E-state index contributed by atoms with van der Waals surface area (Å²) in [5.41, 5.74) is 2.39. The number of imidazole rings is 1. The Morgan fingerprint density at radius 3 is 2.69 bits per heavy atom. The number of aliphatic hydroxyl groups excluding tert-OH is 1. The summed E-state index contributed by atoms with van der Waals surface area (Å²) in [4.78, 5) is 23.7. The maximum atomic E-state index is 12.2. The lowest BCUT2D eigenvalue weighted by molar-refractivity contribution is 0.266. The number of para-hydroxylation sites is 2. The first kappa shape index (κ1) is 16.2. The number of rotatable bonds is 6. The average Bonchev–Trinajstić information content (AvgIpc) is 3.21. The maximum Gasteiger partial charge on any atom is 0.326 e. The molecular formula is C18H18N6O2. The first-order valence-electron chi connectivity index (χ1n) is 8.39. The van der Waals surface area contributed by atoms with Crippen LogP contribution in [0.3, 0.4) is 0 Å². The Hall–Kier alpha value is -3.26. The zero-order valence-electron chi connectivity index (χ0n) is 14.0. The number of aliphatic hydroxyl groups is 1. The van der Waals surface area contributed by atoms with E-state index in [1.807, 2.05) is 36.4 Å². The quantitative estimate of drug-likeness (QED) is 0.544. The molecule has 3 heterocycles. The van der Waals surface area contributed by atoms with Crippen molar-refractivity contribution in [2.24, 2.45) is 0 Å². The van der Waals surface area contributed by atoms with Crippen LogP contribution in [0.4, 0.5) is 0 Å². The van der Waals surface area contributed by atoms with Crippen molar-refractivity contribution in [2.45, 2.75) is 19.5 Å². The third-order valence-electron chi connectivity index (χ3n) is 4.24. The minimum Gasteiger partial charge on any atom is -0.394 e. The molecule has 0 fully saturated rings. The molecule has 8 heteroatoms. The summed E-state index contributed by atoms with van der Waals surface area (Å²) in [5.74, 6) is 1.31. The van der Waals surface area contributed by atoms with Crippen LogP contribution in [-0.4, -0.2) is 41.0 Å². The first-order chi connectivity index (χ1) is 12.8. The van der Waals surface area contributed by atoms with Crippen molar-refractivity contribution < 1.29 is 5.11 Å². The van der Waals surface area contributed by atoms with E-state index in [1.54, 1.807) is 21.6 Å². The molecule has 4 rings (SSSR count). The molecule has 0 aliphatic carbocycles. The Balaban J connectivity index is 1.64. The molecule has 0 aliphatic rings. The first-order valence-corrected chi connectivity index (χ1v) is 8.39. The van der Waals surface area contributed by atoms with Gasteiger partial charge in [0.05, 0.1) is 24.2 Å². The van der Waals surface area contributed by atoms with E-state index in [2.05, 4.69) is 20.1 Å². The van der Waals surface area contributed by atoms with E-state index in [0.717, 1.165) is 22.4 Å². The summed E-state index contributed by atoms with van der Waals surface area (Å²) in [5, 5.41) is 13.8. The predicted octanol–water partition coefficient (Wildman–Crippen LogP) is 1.22. The van der Waals surface area contributed by atoms with Crippen LogP contribution in [0.5, 0.6) is 0 Å². The highest BCUT2D eigenvalue weighted by Gasteiger charge is 2.13. The standard InChI is InChI=1S/C18H18N6O2/c25-12-11-24-16(21-17(22-24)13-5-8-19-9-6-13)7-10-23-15-4-2-1-3-14(15)20-18(23)26/h1-6,8-9,25H,7,10-12H2,(H,20,26). The van der Waals surface area contributed by atoms with Crippen LogP contribution in [0, 0.1) is 0 Å². The predicted molar refractivity (Wildman–Crippen MR) is 96.6 cm³/mol. The second-order valence-electron chi connectivity index (χ2n) is 5.88. The number of benzene rings is 1. The number of H-pyrrole nitrogens is 1. The Labute approximate surface area is 148 Å². The van der Waals surface area contributed by atoms with E-state index in [1.165, 1.54) is 0 Å². The molecule has 132 valence electrons. The highest BCUT2D eigenvalue weighted by Crippen LogP contribution is 2.15. The Bertz CT molecular complexity index is 1080. The molecule has 26 heavy (non-hydrogen) atoms. The largest absolute Gasteiger partial charge is 0.394 e. The molecule has 0 aliphatic heterocycles. The van der Waals surface area contributed by atoms with Crippen molar-refractivity contribution in [1.29, 1.82) is 0 Å². The lowest BCUT2D eigenvalue weighted by atomic mass is 10.2. The van der Waals surface area contributed by atoms with Crippen LogP contribution in [0.15, 0.2) is 53.6 Å². The van der Waals surface area contributed by atoms with Crippen LogP contribution < -0.4 is 5.69 Å². The van der Waals surface area contributed by atoms with Crippen LogP contribution in [-0.2, 0) is 19.5 Å². The average molecular weight is 350 g/mol. The van der Waals surface area contributed by atoms with Crippen molar-refractivity contribution in [3.05, 3.63) is 65.1 Å². The molecule has 0 atom stereocenters. The molecule has 0 unspecified atom stereocenters. The van der Waals surface area contributed by atoms with Gasteiger partial charge >= 0.3 is 5.69 Å². The van der Waals surface area contributed by atoms with Gasteiger partial charge in [0.2, 0.25) is 0 Å². The molecule has 0 saturated carbocycles.